The molecule has 0 saturated carbocycles. The number of rotatable bonds is 10. The Morgan fingerprint density at radius 3 is 2.41 bits per heavy atom. The average Bonchev–Trinajstić information content (AvgIpc) is 3.25. The Labute approximate surface area is 241 Å². The number of allylic oxidation sites excluding steroid dienone is 1. The van der Waals surface area contributed by atoms with E-state index in [-0.39, 0.29) is 24.3 Å². The van der Waals surface area contributed by atoms with Gasteiger partial charge in [0, 0.05) is 0 Å². The summed E-state index contributed by atoms with van der Waals surface area (Å²) in [5, 5.41) is 0. The maximum absolute atomic E-state index is 13.9. The summed E-state index contributed by atoms with van der Waals surface area (Å²) < 4.78 is 28.8. The van der Waals surface area contributed by atoms with Crippen LogP contribution in [0.2, 0.25) is 0 Å². The van der Waals surface area contributed by atoms with Gasteiger partial charge in [-0.3, -0.25) is 9.36 Å². The van der Waals surface area contributed by atoms with E-state index >= 15 is 0 Å². The monoisotopic (exact) mass is 580 g/mol. The van der Waals surface area contributed by atoms with Crippen LogP contribution in [0.15, 0.2) is 57.5 Å². The number of carbonyl (C=O) groups is 2. The molecule has 3 aromatic rings. The summed E-state index contributed by atoms with van der Waals surface area (Å²) in [5.74, 6) is 0.313. The normalized spacial score (nSPS) is 14.7. The van der Waals surface area contributed by atoms with Crippen LogP contribution in [0.5, 0.6) is 17.2 Å². The van der Waals surface area contributed by atoms with E-state index < -0.39 is 18.0 Å². The molecular weight excluding hydrogens is 548 g/mol. The molecule has 41 heavy (non-hydrogen) atoms. The number of aromatic nitrogens is 1. The second-order valence-electron chi connectivity index (χ2n) is 9.04. The molecule has 1 atom stereocenters. The minimum atomic E-state index is -0.834. The van der Waals surface area contributed by atoms with E-state index in [1.165, 1.54) is 23.0 Å². The quantitative estimate of drug-likeness (QED) is 0.336. The molecule has 216 valence electrons. The van der Waals surface area contributed by atoms with Crippen molar-refractivity contribution in [2.45, 2.75) is 33.7 Å². The van der Waals surface area contributed by atoms with Gasteiger partial charge >= 0.3 is 11.9 Å². The van der Waals surface area contributed by atoms with E-state index in [9.17, 15) is 14.4 Å². The summed E-state index contributed by atoms with van der Waals surface area (Å²) in [6.45, 7) is 7.37. The van der Waals surface area contributed by atoms with Gasteiger partial charge in [-0.15, -0.1) is 0 Å². The Bertz CT molecular complexity index is 1690. The van der Waals surface area contributed by atoms with Crippen LogP contribution in [0.25, 0.3) is 6.08 Å². The number of hydrogen-bond acceptors (Lipinski definition) is 10. The molecular formula is C30H32N2O8S. The molecule has 4 rings (SSSR count). The van der Waals surface area contributed by atoms with Crippen LogP contribution in [0.1, 0.15) is 43.5 Å². The van der Waals surface area contributed by atoms with Crippen molar-refractivity contribution in [2.24, 2.45) is 4.99 Å². The summed E-state index contributed by atoms with van der Waals surface area (Å²) in [6, 6.07) is 9.88. The lowest BCUT2D eigenvalue weighted by Crippen LogP contribution is -2.40. The molecule has 0 N–H and O–H groups in total. The van der Waals surface area contributed by atoms with E-state index in [1.807, 2.05) is 32.0 Å². The molecule has 0 spiro atoms. The van der Waals surface area contributed by atoms with Crippen LogP contribution in [0.3, 0.4) is 0 Å². The van der Waals surface area contributed by atoms with Crippen molar-refractivity contribution in [2.75, 3.05) is 34.0 Å². The van der Waals surface area contributed by atoms with Crippen LogP contribution in [-0.2, 0) is 19.1 Å². The first-order valence-corrected chi connectivity index (χ1v) is 13.8. The largest absolute Gasteiger partial charge is 0.496 e. The highest BCUT2D eigenvalue weighted by Gasteiger charge is 2.34. The molecule has 0 fully saturated rings. The zero-order valence-electron chi connectivity index (χ0n) is 23.8. The third-order valence-corrected chi connectivity index (χ3v) is 7.37. The number of ether oxygens (including phenoxy) is 5. The molecule has 0 amide bonds. The Morgan fingerprint density at radius 1 is 1.00 bits per heavy atom. The third kappa shape index (κ3) is 6.19. The summed E-state index contributed by atoms with van der Waals surface area (Å²) >= 11 is 1.24. The fourth-order valence-corrected chi connectivity index (χ4v) is 5.57. The van der Waals surface area contributed by atoms with Gasteiger partial charge in [0.1, 0.15) is 5.75 Å². The topological polar surface area (TPSA) is 115 Å². The first kappa shape index (κ1) is 29.6. The van der Waals surface area contributed by atoms with E-state index in [1.54, 1.807) is 45.2 Å². The summed E-state index contributed by atoms with van der Waals surface area (Å²) in [5.41, 5.74) is 2.75. The van der Waals surface area contributed by atoms with Gasteiger partial charge in [-0.1, -0.05) is 23.5 Å². The number of carbonyl (C=O) groups excluding carboxylic acids is 2. The molecule has 1 aromatic heterocycles. The minimum absolute atomic E-state index is 0.161. The van der Waals surface area contributed by atoms with Gasteiger partial charge < -0.3 is 23.7 Å². The Morgan fingerprint density at radius 2 is 1.76 bits per heavy atom. The average molecular weight is 581 g/mol. The predicted octanol–water partition coefficient (Wildman–Crippen LogP) is 3.07. The molecule has 10 nitrogen and oxygen atoms in total. The standard InChI is InChI=1S/C30H32N2O8S/c1-7-38-23-15-20(10-12-22(23)40-16-25(33)37-6)27-26(29(35)39-8-2)18(4)31-30-32(27)28(34)24(41-30)14-19-9-11-21(36-5)17(3)13-19/h9-15,27H,7-8,16H2,1-6H3/b24-14-/t27-/m0/s1. The van der Waals surface area contributed by atoms with E-state index in [0.29, 0.717) is 38.7 Å². The molecule has 0 unspecified atom stereocenters. The highest BCUT2D eigenvalue weighted by Crippen LogP contribution is 2.36. The van der Waals surface area contributed by atoms with Crippen molar-refractivity contribution in [3.63, 3.8) is 0 Å². The Kier molecular flexibility index (Phi) is 9.28. The first-order chi connectivity index (χ1) is 19.7. The van der Waals surface area contributed by atoms with E-state index in [2.05, 4.69) is 9.73 Å². The SMILES string of the molecule is CCOC(=O)C1=C(C)N=c2s/c(=C\c3ccc(OC)c(C)c3)c(=O)n2[C@H]1c1ccc(OCC(=O)OC)c(OCC)c1. The second-order valence-corrected chi connectivity index (χ2v) is 10.0. The van der Waals surface area contributed by atoms with Crippen molar-refractivity contribution in [3.8, 4) is 17.2 Å². The van der Waals surface area contributed by atoms with E-state index in [4.69, 9.17) is 18.9 Å². The summed E-state index contributed by atoms with van der Waals surface area (Å²) in [6.07, 6.45) is 1.80. The fourth-order valence-electron chi connectivity index (χ4n) is 4.53. The van der Waals surface area contributed by atoms with Gasteiger partial charge in [-0.25, -0.2) is 14.6 Å². The summed E-state index contributed by atoms with van der Waals surface area (Å²) in [7, 11) is 2.88. The first-order valence-electron chi connectivity index (χ1n) is 13.0. The lowest BCUT2D eigenvalue weighted by atomic mass is 9.95. The van der Waals surface area contributed by atoms with Gasteiger partial charge in [0.05, 0.1) is 49.3 Å². The van der Waals surface area contributed by atoms with Crippen molar-refractivity contribution < 1.29 is 33.3 Å². The van der Waals surface area contributed by atoms with Crippen LogP contribution < -0.4 is 29.1 Å². The zero-order valence-corrected chi connectivity index (χ0v) is 24.6. The lowest BCUT2D eigenvalue weighted by Gasteiger charge is -2.25. The Balaban J connectivity index is 1.89. The highest BCUT2D eigenvalue weighted by atomic mass is 32.1. The van der Waals surface area contributed by atoms with Crippen LogP contribution in [0, 0.1) is 6.92 Å². The molecule has 11 heteroatoms. The number of thiazole rings is 1. The van der Waals surface area contributed by atoms with Crippen molar-refractivity contribution >= 4 is 29.4 Å². The molecule has 2 heterocycles. The van der Waals surface area contributed by atoms with Crippen LogP contribution >= 0.6 is 11.3 Å². The number of esters is 2. The van der Waals surface area contributed by atoms with Crippen LogP contribution in [-0.4, -0.2) is 50.5 Å². The fraction of sp³-hybridized carbons (Fsp3) is 0.333. The zero-order chi connectivity index (χ0) is 29.7. The third-order valence-electron chi connectivity index (χ3n) is 6.39. The number of hydrogen-bond donors (Lipinski definition) is 0. The number of nitrogens with zero attached hydrogens (tertiary/aromatic N) is 2. The number of benzene rings is 2. The van der Waals surface area contributed by atoms with Gasteiger partial charge in [-0.05, 0) is 74.7 Å². The number of fused-ring (bicyclic) bond motifs is 1. The molecule has 1 aliphatic rings. The van der Waals surface area contributed by atoms with Crippen LogP contribution in [0.4, 0.5) is 0 Å². The van der Waals surface area contributed by atoms with Gasteiger partial charge in [0.2, 0.25) is 0 Å². The van der Waals surface area contributed by atoms with Gasteiger partial charge in [0.25, 0.3) is 5.56 Å². The predicted molar refractivity (Wildman–Crippen MR) is 153 cm³/mol. The minimum Gasteiger partial charge on any atom is -0.496 e. The van der Waals surface area contributed by atoms with Crippen molar-refractivity contribution in [1.82, 2.24) is 4.57 Å². The van der Waals surface area contributed by atoms with Crippen molar-refractivity contribution in [1.29, 1.82) is 0 Å². The molecule has 0 bridgehead atoms. The summed E-state index contributed by atoms with van der Waals surface area (Å²) in [4.78, 5) is 43.8. The van der Waals surface area contributed by atoms with Gasteiger partial charge in [0.15, 0.2) is 22.9 Å². The van der Waals surface area contributed by atoms with E-state index in [0.717, 1.165) is 16.9 Å². The maximum atomic E-state index is 13.9. The highest BCUT2D eigenvalue weighted by molar-refractivity contribution is 7.07. The molecule has 1 aliphatic heterocycles. The van der Waals surface area contributed by atoms with Gasteiger partial charge in [-0.2, -0.15) is 0 Å². The molecule has 0 aliphatic carbocycles. The Hall–Kier alpha value is -4.38. The lowest BCUT2D eigenvalue weighted by molar-refractivity contribution is -0.143. The number of aryl methyl sites for hydroxylation is 1. The molecule has 0 radical (unpaired) electrons. The smallest absolute Gasteiger partial charge is 0.343 e. The molecule has 0 saturated heterocycles. The maximum Gasteiger partial charge on any atom is 0.343 e. The molecule has 2 aromatic carbocycles. The number of methoxy groups -OCH3 is 2. The second kappa shape index (κ2) is 12.9. The van der Waals surface area contributed by atoms with Crippen molar-refractivity contribution in [3.05, 3.63) is 84.0 Å².